The van der Waals surface area contributed by atoms with Gasteiger partial charge in [-0.25, -0.2) is 13.5 Å². The monoisotopic (exact) mass is 494 g/mol. The van der Waals surface area contributed by atoms with E-state index >= 15 is 0 Å². The smallest absolute Gasteiger partial charge is 0.336 e. The largest absolute Gasteiger partial charge is 0.457 e. The molecule has 0 aliphatic rings. The van der Waals surface area contributed by atoms with Crippen LogP contribution in [-0.2, 0) is 11.3 Å². The first-order chi connectivity index (χ1) is 17.4. The lowest BCUT2D eigenvalue weighted by Crippen LogP contribution is -2.26. The van der Waals surface area contributed by atoms with Gasteiger partial charge >= 0.3 is 6.01 Å². The van der Waals surface area contributed by atoms with Gasteiger partial charge in [0, 0.05) is 12.2 Å². The van der Waals surface area contributed by atoms with E-state index in [9.17, 15) is 13.9 Å². The molecule has 0 saturated carbocycles. The van der Waals surface area contributed by atoms with Crippen molar-refractivity contribution in [3.63, 3.8) is 0 Å². The van der Waals surface area contributed by atoms with Crippen LogP contribution in [0.3, 0.4) is 0 Å². The Hall–Kier alpha value is -3.82. The van der Waals surface area contributed by atoms with Crippen LogP contribution in [0, 0.1) is 11.6 Å². The predicted octanol–water partition coefficient (Wildman–Crippen LogP) is 4.99. The molecule has 9 heteroatoms. The summed E-state index contributed by atoms with van der Waals surface area (Å²) in [7, 11) is 0. The van der Waals surface area contributed by atoms with Crippen molar-refractivity contribution in [3.8, 4) is 23.1 Å². The minimum absolute atomic E-state index is 0.0508. The van der Waals surface area contributed by atoms with Gasteiger partial charge in [-0.1, -0.05) is 24.3 Å². The molecule has 36 heavy (non-hydrogen) atoms. The maximum Gasteiger partial charge on any atom is 0.336 e. The van der Waals surface area contributed by atoms with Crippen LogP contribution in [0.1, 0.15) is 19.4 Å². The van der Waals surface area contributed by atoms with E-state index in [0.717, 1.165) is 11.3 Å². The van der Waals surface area contributed by atoms with Crippen molar-refractivity contribution >= 4 is 5.69 Å². The van der Waals surface area contributed by atoms with Crippen molar-refractivity contribution in [2.75, 3.05) is 18.5 Å². The molecule has 1 unspecified atom stereocenters. The van der Waals surface area contributed by atoms with Crippen LogP contribution in [-0.4, -0.2) is 45.2 Å². The number of benzene rings is 3. The van der Waals surface area contributed by atoms with Gasteiger partial charge in [-0.05, 0) is 67.9 Å². The van der Waals surface area contributed by atoms with Gasteiger partial charge in [-0.15, -0.1) is 5.10 Å². The Kier molecular flexibility index (Phi) is 8.24. The Bertz CT molecular complexity index is 1260. The number of aliphatic hydroxyl groups excluding tert-OH is 1. The number of ether oxygens (including phenoxy) is 2. The lowest BCUT2D eigenvalue weighted by molar-refractivity contribution is 0.0112. The molecule has 1 aromatic heterocycles. The highest BCUT2D eigenvalue weighted by molar-refractivity contribution is 5.60. The standard InChI is InChI=1S/C27H28F2N4O3/c1-18(2)35-17-23(34)15-30-21-11-13-22(14-12-21)33-26(24-5-3-4-6-25(24)29)31-27(32-33)36-16-19-7-9-20(28)10-8-19/h3-14,18,23,30,34H,15-17H2,1-2H3. The first-order valence-electron chi connectivity index (χ1n) is 11.6. The average molecular weight is 495 g/mol. The summed E-state index contributed by atoms with van der Waals surface area (Å²) >= 11 is 0. The van der Waals surface area contributed by atoms with Gasteiger partial charge in [0.1, 0.15) is 18.2 Å². The number of rotatable bonds is 11. The molecule has 0 aliphatic carbocycles. The molecule has 188 valence electrons. The van der Waals surface area contributed by atoms with E-state index < -0.39 is 11.9 Å². The maximum absolute atomic E-state index is 14.6. The molecule has 2 N–H and O–H groups in total. The summed E-state index contributed by atoms with van der Waals surface area (Å²) in [5, 5.41) is 17.7. The highest BCUT2D eigenvalue weighted by Crippen LogP contribution is 2.26. The second-order valence-electron chi connectivity index (χ2n) is 8.49. The van der Waals surface area contributed by atoms with Crippen LogP contribution in [0.15, 0.2) is 72.8 Å². The van der Waals surface area contributed by atoms with E-state index in [-0.39, 0.29) is 42.5 Å². The van der Waals surface area contributed by atoms with Crippen LogP contribution in [0.25, 0.3) is 17.1 Å². The molecule has 4 rings (SSSR count). The molecule has 0 radical (unpaired) electrons. The Morgan fingerprint density at radius 2 is 1.69 bits per heavy atom. The molecular weight excluding hydrogens is 466 g/mol. The molecule has 0 bridgehead atoms. The molecule has 0 saturated heterocycles. The molecule has 0 spiro atoms. The number of anilines is 1. The molecule has 4 aromatic rings. The van der Waals surface area contributed by atoms with Crippen molar-refractivity contribution < 1.29 is 23.4 Å². The van der Waals surface area contributed by atoms with Crippen LogP contribution in [0.4, 0.5) is 14.5 Å². The molecule has 0 fully saturated rings. The summed E-state index contributed by atoms with van der Waals surface area (Å²) in [5.41, 5.74) is 2.46. The number of aliphatic hydroxyl groups is 1. The molecule has 1 heterocycles. The van der Waals surface area contributed by atoms with E-state index in [1.165, 1.54) is 22.9 Å². The second kappa shape index (κ2) is 11.7. The summed E-state index contributed by atoms with van der Waals surface area (Å²) < 4.78 is 40.4. The summed E-state index contributed by atoms with van der Waals surface area (Å²) in [4.78, 5) is 4.42. The van der Waals surface area contributed by atoms with Crippen molar-refractivity contribution in [2.24, 2.45) is 0 Å². The van der Waals surface area contributed by atoms with Gasteiger partial charge in [0.05, 0.1) is 30.1 Å². The second-order valence-corrected chi connectivity index (χ2v) is 8.49. The van der Waals surface area contributed by atoms with Crippen LogP contribution in [0.5, 0.6) is 6.01 Å². The number of nitrogens with zero attached hydrogens (tertiary/aromatic N) is 3. The molecule has 0 amide bonds. The number of hydrogen-bond donors (Lipinski definition) is 2. The summed E-state index contributed by atoms with van der Waals surface area (Å²) in [5.74, 6) is -0.490. The van der Waals surface area contributed by atoms with Crippen LogP contribution >= 0.6 is 0 Å². The Morgan fingerprint density at radius 1 is 0.972 bits per heavy atom. The topological polar surface area (TPSA) is 81.4 Å². The summed E-state index contributed by atoms with van der Waals surface area (Å²) in [6, 6.07) is 19.6. The quantitative estimate of drug-likeness (QED) is 0.306. The summed E-state index contributed by atoms with van der Waals surface area (Å²) in [6.07, 6.45) is -0.592. The van der Waals surface area contributed by atoms with Gasteiger partial charge in [0.15, 0.2) is 5.82 Å². The van der Waals surface area contributed by atoms with Gasteiger partial charge in [-0.3, -0.25) is 0 Å². The normalized spacial score (nSPS) is 12.1. The minimum Gasteiger partial charge on any atom is -0.457 e. The average Bonchev–Trinajstić information content (AvgIpc) is 3.30. The van der Waals surface area contributed by atoms with Gasteiger partial charge in [-0.2, -0.15) is 4.98 Å². The first-order valence-corrected chi connectivity index (χ1v) is 11.6. The fourth-order valence-corrected chi connectivity index (χ4v) is 3.40. The van der Waals surface area contributed by atoms with Crippen molar-refractivity contribution in [1.82, 2.24) is 14.8 Å². The van der Waals surface area contributed by atoms with Gasteiger partial charge in [0.2, 0.25) is 0 Å². The zero-order valence-corrected chi connectivity index (χ0v) is 20.1. The number of nitrogens with one attached hydrogen (secondary N) is 1. The van der Waals surface area contributed by atoms with Gasteiger partial charge in [0.25, 0.3) is 0 Å². The highest BCUT2D eigenvalue weighted by atomic mass is 19.1. The van der Waals surface area contributed by atoms with E-state index in [1.54, 1.807) is 30.3 Å². The van der Waals surface area contributed by atoms with E-state index in [0.29, 0.717) is 12.2 Å². The third-order valence-electron chi connectivity index (χ3n) is 5.26. The lowest BCUT2D eigenvalue weighted by atomic mass is 10.2. The van der Waals surface area contributed by atoms with E-state index in [2.05, 4.69) is 15.4 Å². The third-order valence-corrected chi connectivity index (χ3v) is 5.26. The predicted molar refractivity (Wildman–Crippen MR) is 133 cm³/mol. The molecule has 7 nitrogen and oxygen atoms in total. The van der Waals surface area contributed by atoms with Crippen LogP contribution in [0.2, 0.25) is 0 Å². The molecule has 3 aromatic carbocycles. The Labute approximate surface area is 208 Å². The minimum atomic E-state index is -0.643. The SMILES string of the molecule is CC(C)OCC(O)CNc1ccc(-n2nc(OCc3ccc(F)cc3)nc2-c2ccccc2F)cc1. The Morgan fingerprint density at radius 3 is 2.39 bits per heavy atom. The maximum atomic E-state index is 14.6. The molecule has 1 atom stereocenters. The van der Waals surface area contributed by atoms with Crippen molar-refractivity contribution in [3.05, 3.63) is 90.0 Å². The Balaban J connectivity index is 1.53. The van der Waals surface area contributed by atoms with E-state index in [4.69, 9.17) is 9.47 Å². The summed E-state index contributed by atoms with van der Waals surface area (Å²) in [6.45, 7) is 4.54. The highest BCUT2D eigenvalue weighted by Gasteiger charge is 2.18. The van der Waals surface area contributed by atoms with E-state index in [1.807, 2.05) is 38.1 Å². The zero-order valence-electron chi connectivity index (χ0n) is 20.1. The molecular formula is C27H28F2N4O3. The van der Waals surface area contributed by atoms with Crippen molar-refractivity contribution in [2.45, 2.75) is 32.7 Å². The number of hydrogen-bond acceptors (Lipinski definition) is 6. The fourth-order valence-electron chi connectivity index (χ4n) is 3.40. The zero-order chi connectivity index (χ0) is 25.5. The number of aromatic nitrogens is 3. The first kappa shape index (κ1) is 25.3. The number of halogens is 2. The third kappa shape index (κ3) is 6.65. The van der Waals surface area contributed by atoms with Crippen molar-refractivity contribution in [1.29, 1.82) is 0 Å². The molecule has 0 aliphatic heterocycles. The van der Waals surface area contributed by atoms with Crippen LogP contribution < -0.4 is 10.1 Å². The fraction of sp³-hybridized carbons (Fsp3) is 0.259. The van der Waals surface area contributed by atoms with Gasteiger partial charge < -0.3 is 19.9 Å². The lowest BCUT2D eigenvalue weighted by Gasteiger charge is -2.15.